The van der Waals surface area contributed by atoms with E-state index in [0.29, 0.717) is 12.1 Å². The van der Waals surface area contributed by atoms with Crippen molar-refractivity contribution in [3.05, 3.63) is 48.2 Å². The Hall–Kier alpha value is -3.03. The summed E-state index contributed by atoms with van der Waals surface area (Å²) in [7, 11) is 0. The lowest BCUT2D eigenvalue weighted by Gasteiger charge is -2.12. The second-order valence-corrected chi connectivity index (χ2v) is 5.12. The molecule has 1 aromatic carbocycles. The minimum absolute atomic E-state index is 0.0835. The van der Waals surface area contributed by atoms with E-state index in [0.717, 1.165) is 6.07 Å². The first-order valence-electron chi connectivity index (χ1n) is 7.16. The lowest BCUT2D eigenvalue weighted by molar-refractivity contribution is -0.116. The summed E-state index contributed by atoms with van der Waals surface area (Å²) in [4.78, 5) is 28.4. The number of cyclic esters (lactones) is 1. The van der Waals surface area contributed by atoms with E-state index in [1.54, 1.807) is 0 Å². The van der Waals surface area contributed by atoms with Crippen LogP contribution in [0, 0.1) is 11.6 Å². The number of carbonyl (C=O) groups is 2. The number of nitrogens with one attached hydrogen (secondary N) is 1. The van der Waals surface area contributed by atoms with Crippen LogP contribution in [0.2, 0.25) is 0 Å². The van der Waals surface area contributed by atoms with Gasteiger partial charge >= 0.3 is 6.09 Å². The van der Waals surface area contributed by atoms with Crippen molar-refractivity contribution in [1.82, 2.24) is 9.88 Å². The number of hydrogen-bond acceptors (Lipinski definition) is 4. The predicted molar refractivity (Wildman–Crippen MR) is 81.1 cm³/mol. The number of halogens is 2. The molecule has 0 bridgehead atoms. The molecular formula is C16H13F2N3O3. The van der Waals surface area contributed by atoms with E-state index in [1.807, 2.05) is 0 Å². The third-order valence-corrected chi connectivity index (χ3v) is 3.47. The fraction of sp³-hybridized carbons (Fsp3) is 0.188. The van der Waals surface area contributed by atoms with Crippen LogP contribution in [-0.4, -0.2) is 41.6 Å². The van der Waals surface area contributed by atoms with Gasteiger partial charge in [0.15, 0.2) is 11.6 Å². The van der Waals surface area contributed by atoms with Crippen molar-refractivity contribution >= 4 is 17.8 Å². The Morgan fingerprint density at radius 3 is 2.79 bits per heavy atom. The largest absolute Gasteiger partial charge is 0.448 e. The maximum atomic E-state index is 13.7. The van der Waals surface area contributed by atoms with Crippen molar-refractivity contribution in [3.63, 3.8) is 0 Å². The molecule has 0 atom stereocenters. The normalized spacial score (nSPS) is 13.8. The van der Waals surface area contributed by atoms with Gasteiger partial charge in [0, 0.05) is 17.3 Å². The predicted octanol–water partition coefficient (Wildman–Crippen LogP) is 2.42. The van der Waals surface area contributed by atoms with E-state index < -0.39 is 23.6 Å². The summed E-state index contributed by atoms with van der Waals surface area (Å²) in [5, 5.41) is 2.53. The van der Waals surface area contributed by atoms with Crippen LogP contribution < -0.4 is 5.32 Å². The quantitative estimate of drug-likeness (QED) is 0.933. The molecule has 6 nitrogen and oxygen atoms in total. The zero-order chi connectivity index (χ0) is 17.1. The first-order valence-corrected chi connectivity index (χ1v) is 7.16. The van der Waals surface area contributed by atoms with E-state index in [1.165, 1.54) is 35.4 Å². The highest BCUT2D eigenvalue weighted by molar-refractivity contribution is 5.93. The molecule has 1 aromatic heterocycles. The highest BCUT2D eigenvalue weighted by atomic mass is 19.2. The Labute approximate surface area is 136 Å². The summed E-state index contributed by atoms with van der Waals surface area (Å²) in [5.41, 5.74) is 0.466. The number of ether oxygens (including phenoxy) is 1. The zero-order valence-electron chi connectivity index (χ0n) is 12.5. The van der Waals surface area contributed by atoms with Crippen molar-refractivity contribution in [3.8, 4) is 11.1 Å². The maximum Gasteiger partial charge on any atom is 0.410 e. The third-order valence-electron chi connectivity index (χ3n) is 3.47. The van der Waals surface area contributed by atoms with E-state index in [-0.39, 0.29) is 24.5 Å². The SMILES string of the molecule is O=C(CN1CCOC1=O)Nc1ccc(-c2cccc(F)c2F)cn1. The first kappa shape index (κ1) is 15.9. The van der Waals surface area contributed by atoms with E-state index in [2.05, 4.69) is 10.3 Å². The van der Waals surface area contributed by atoms with Gasteiger partial charge in [-0.3, -0.25) is 9.69 Å². The summed E-state index contributed by atoms with van der Waals surface area (Å²) in [5.74, 6) is -2.08. The topological polar surface area (TPSA) is 71.5 Å². The monoisotopic (exact) mass is 333 g/mol. The van der Waals surface area contributed by atoms with Gasteiger partial charge in [0.1, 0.15) is 19.0 Å². The van der Waals surface area contributed by atoms with Crippen LogP contribution in [0.5, 0.6) is 0 Å². The summed E-state index contributed by atoms with van der Waals surface area (Å²) in [6, 6.07) is 6.86. The molecular weight excluding hydrogens is 320 g/mol. The van der Waals surface area contributed by atoms with Crippen molar-refractivity contribution in [1.29, 1.82) is 0 Å². The van der Waals surface area contributed by atoms with Crippen LogP contribution in [0.1, 0.15) is 0 Å². The van der Waals surface area contributed by atoms with Gasteiger partial charge in [0.25, 0.3) is 0 Å². The maximum absolute atomic E-state index is 13.7. The fourth-order valence-corrected chi connectivity index (χ4v) is 2.28. The molecule has 3 rings (SSSR count). The van der Waals surface area contributed by atoms with Crippen molar-refractivity contribution < 1.29 is 23.1 Å². The number of anilines is 1. The van der Waals surface area contributed by atoms with Gasteiger partial charge in [-0.1, -0.05) is 12.1 Å². The number of rotatable bonds is 4. The average molecular weight is 333 g/mol. The lowest BCUT2D eigenvalue weighted by Crippen LogP contribution is -2.33. The number of aromatic nitrogens is 1. The second kappa shape index (κ2) is 6.61. The van der Waals surface area contributed by atoms with Crippen LogP contribution in [-0.2, 0) is 9.53 Å². The van der Waals surface area contributed by atoms with Crippen molar-refractivity contribution in [2.45, 2.75) is 0 Å². The van der Waals surface area contributed by atoms with Crippen molar-refractivity contribution in [2.24, 2.45) is 0 Å². The molecule has 24 heavy (non-hydrogen) atoms. The number of carbonyl (C=O) groups excluding carboxylic acids is 2. The Morgan fingerprint density at radius 1 is 1.29 bits per heavy atom. The molecule has 1 aliphatic rings. The van der Waals surface area contributed by atoms with Gasteiger partial charge in [-0.25, -0.2) is 18.6 Å². The Bertz CT molecular complexity index is 781. The molecule has 1 aliphatic heterocycles. The van der Waals surface area contributed by atoms with Crippen LogP contribution in [0.25, 0.3) is 11.1 Å². The molecule has 2 heterocycles. The van der Waals surface area contributed by atoms with Gasteiger partial charge in [-0.05, 0) is 18.2 Å². The number of hydrogen-bond donors (Lipinski definition) is 1. The Balaban J connectivity index is 1.67. The number of amides is 2. The van der Waals surface area contributed by atoms with E-state index >= 15 is 0 Å². The Morgan fingerprint density at radius 2 is 2.12 bits per heavy atom. The zero-order valence-corrected chi connectivity index (χ0v) is 12.5. The molecule has 0 aliphatic carbocycles. The summed E-state index contributed by atoms with van der Waals surface area (Å²) in [6.07, 6.45) is 0.799. The molecule has 0 unspecified atom stereocenters. The van der Waals surface area contributed by atoms with Gasteiger partial charge < -0.3 is 10.1 Å². The van der Waals surface area contributed by atoms with Crippen molar-refractivity contribution in [2.75, 3.05) is 25.0 Å². The van der Waals surface area contributed by atoms with Gasteiger partial charge in [-0.2, -0.15) is 0 Å². The van der Waals surface area contributed by atoms with Gasteiger partial charge in [0.05, 0.1) is 6.54 Å². The molecule has 1 N–H and O–H groups in total. The third kappa shape index (κ3) is 3.32. The van der Waals surface area contributed by atoms with E-state index in [9.17, 15) is 18.4 Å². The molecule has 0 radical (unpaired) electrons. The molecule has 1 saturated heterocycles. The molecule has 2 aromatic rings. The number of benzene rings is 1. The summed E-state index contributed by atoms with van der Waals surface area (Å²) < 4.78 is 31.7. The molecule has 2 amide bonds. The average Bonchev–Trinajstić information content (AvgIpc) is 2.96. The smallest absolute Gasteiger partial charge is 0.410 e. The molecule has 124 valence electrons. The fourth-order valence-electron chi connectivity index (χ4n) is 2.28. The molecule has 8 heteroatoms. The van der Waals surface area contributed by atoms with Crippen LogP contribution in [0.4, 0.5) is 19.4 Å². The lowest BCUT2D eigenvalue weighted by atomic mass is 10.1. The minimum atomic E-state index is -0.955. The molecule has 0 spiro atoms. The van der Waals surface area contributed by atoms with Crippen LogP contribution >= 0.6 is 0 Å². The van der Waals surface area contributed by atoms with Crippen LogP contribution in [0.15, 0.2) is 36.5 Å². The second-order valence-electron chi connectivity index (χ2n) is 5.12. The molecule has 0 saturated carbocycles. The summed E-state index contributed by atoms with van der Waals surface area (Å²) in [6.45, 7) is 0.483. The minimum Gasteiger partial charge on any atom is -0.448 e. The Kier molecular flexibility index (Phi) is 4.37. The number of pyridine rings is 1. The first-order chi connectivity index (χ1) is 11.5. The van der Waals surface area contributed by atoms with Gasteiger partial charge in [-0.15, -0.1) is 0 Å². The highest BCUT2D eigenvalue weighted by Crippen LogP contribution is 2.24. The standard InChI is InChI=1S/C16H13F2N3O3/c17-12-3-1-2-11(15(12)18)10-4-5-13(19-8-10)20-14(22)9-21-6-7-24-16(21)23/h1-5,8H,6-7,9H2,(H,19,20,22). The van der Waals surface area contributed by atoms with E-state index in [4.69, 9.17) is 4.74 Å². The number of nitrogens with zero attached hydrogens (tertiary/aromatic N) is 2. The van der Waals surface area contributed by atoms with Crippen LogP contribution in [0.3, 0.4) is 0 Å². The highest BCUT2D eigenvalue weighted by Gasteiger charge is 2.24. The molecule has 1 fully saturated rings. The van der Waals surface area contributed by atoms with Gasteiger partial charge in [0.2, 0.25) is 5.91 Å². The summed E-state index contributed by atoms with van der Waals surface area (Å²) >= 11 is 0.